The van der Waals surface area contributed by atoms with E-state index in [0.717, 1.165) is 4.47 Å². The minimum absolute atomic E-state index is 0.0306. The molecule has 15 heavy (non-hydrogen) atoms. The van der Waals surface area contributed by atoms with Gasteiger partial charge in [0.15, 0.2) is 0 Å². The lowest BCUT2D eigenvalue weighted by Gasteiger charge is -2.20. The molecule has 0 radical (unpaired) electrons. The normalized spacial score (nSPS) is 9.87. The van der Waals surface area contributed by atoms with Gasteiger partial charge >= 0.3 is 0 Å². The number of halogens is 1. The molecule has 0 aromatic carbocycles. The summed E-state index contributed by atoms with van der Waals surface area (Å²) in [6.07, 6.45) is 3.11. The topological polar surface area (TPSA) is 49.3 Å². The standard InChI is InChI=1S/C9H13BrN4O/c1-13(2)8(15)5-14(3)9-7(10)4-11-6-12-9/h4,6H,5H2,1-3H3. The molecule has 0 aliphatic carbocycles. The van der Waals surface area contributed by atoms with Crippen LogP contribution in [0.5, 0.6) is 0 Å². The number of aromatic nitrogens is 2. The Labute approximate surface area is 97.2 Å². The maximum atomic E-state index is 11.5. The Morgan fingerprint density at radius 3 is 2.67 bits per heavy atom. The van der Waals surface area contributed by atoms with Crippen LogP contribution in [0.2, 0.25) is 0 Å². The molecule has 0 bridgehead atoms. The molecule has 5 nitrogen and oxygen atoms in total. The minimum Gasteiger partial charge on any atom is -0.349 e. The number of carbonyl (C=O) groups excluding carboxylic acids is 1. The number of nitrogens with zero attached hydrogens (tertiary/aromatic N) is 4. The van der Waals surface area contributed by atoms with E-state index < -0.39 is 0 Å². The van der Waals surface area contributed by atoms with Crippen LogP contribution in [0.3, 0.4) is 0 Å². The van der Waals surface area contributed by atoms with Gasteiger partial charge in [0, 0.05) is 27.3 Å². The molecule has 0 atom stereocenters. The van der Waals surface area contributed by atoms with E-state index in [4.69, 9.17) is 0 Å². The second-order valence-electron chi connectivity index (χ2n) is 3.34. The van der Waals surface area contributed by atoms with Gasteiger partial charge in [-0.2, -0.15) is 0 Å². The lowest BCUT2D eigenvalue weighted by Crippen LogP contribution is -2.34. The van der Waals surface area contributed by atoms with Crippen molar-refractivity contribution >= 4 is 27.7 Å². The first-order chi connectivity index (χ1) is 7.02. The lowest BCUT2D eigenvalue weighted by molar-refractivity contribution is -0.127. The fraction of sp³-hybridized carbons (Fsp3) is 0.444. The molecule has 0 N–H and O–H groups in total. The van der Waals surface area contributed by atoms with Crippen molar-refractivity contribution in [1.82, 2.24) is 14.9 Å². The first kappa shape index (κ1) is 11.9. The van der Waals surface area contributed by atoms with Crippen LogP contribution in [0.25, 0.3) is 0 Å². The number of rotatable bonds is 3. The van der Waals surface area contributed by atoms with Crippen LogP contribution < -0.4 is 4.90 Å². The highest BCUT2D eigenvalue weighted by molar-refractivity contribution is 9.10. The lowest BCUT2D eigenvalue weighted by atomic mass is 10.4. The van der Waals surface area contributed by atoms with Crippen LogP contribution in [0.1, 0.15) is 0 Å². The van der Waals surface area contributed by atoms with E-state index in [1.54, 1.807) is 30.1 Å². The Kier molecular flexibility index (Phi) is 4.02. The monoisotopic (exact) mass is 272 g/mol. The number of hydrogen-bond donors (Lipinski definition) is 0. The van der Waals surface area contributed by atoms with Gasteiger partial charge in [-0.25, -0.2) is 9.97 Å². The van der Waals surface area contributed by atoms with Crippen molar-refractivity contribution in [1.29, 1.82) is 0 Å². The number of carbonyl (C=O) groups is 1. The van der Waals surface area contributed by atoms with Gasteiger partial charge in [-0.15, -0.1) is 0 Å². The zero-order chi connectivity index (χ0) is 11.4. The predicted octanol–water partition coefficient (Wildman–Crippen LogP) is 0.763. The summed E-state index contributed by atoms with van der Waals surface area (Å²) in [5.41, 5.74) is 0. The fourth-order valence-corrected chi connectivity index (χ4v) is 1.53. The van der Waals surface area contributed by atoms with Crippen LogP contribution in [-0.2, 0) is 4.79 Å². The molecule has 0 unspecified atom stereocenters. The first-order valence-electron chi connectivity index (χ1n) is 4.39. The molecule has 1 aromatic heterocycles. The number of amides is 1. The summed E-state index contributed by atoms with van der Waals surface area (Å²) in [5, 5.41) is 0. The van der Waals surface area contributed by atoms with Gasteiger partial charge in [0.1, 0.15) is 12.1 Å². The molecule has 1 heterocycles. The van der Waals surface area contributed by atoms with E-state index in [1.165, 1.54) is 6.33 Å². The molecule has 0 spiro atoms. The van der Waals surface area contributed by atoms with E-state index in [-0.39, 0.29) is 5.91 Å². The van der Waals surface area contributed by atoms with Crippen molar-refractivity contribution in [3.63, 3.8) is 0 Å². The molecule has 1 rings (SSSR count). The van der Waals surface area contributed by atoms with Gasteiger partial charge in [0.05, 0.1) is 11.0 Å². The molecule has 82 valence electrons. The highest BCUT2D eigenvalue weighted by atomic mass is 79.9. The smallest absolute Gasteiger partial charge is 0.241 e. The van der Waals surface area contributed by atoms with Crippen molar-refractivity contribution in [2.75, 3.05) is 32.6 Å². The van der Waals surface area contributed by atoms with Crippen LogP contribution in [0.4, 0.5) is 5.82 Å². The Morgan fingerprint density at radius 1 is 1.47 bits per heavy atom. The quantitative estimate of drug-likeness (QED) is 0.816. The largest absolute Gasteiger partial charge is 0.349 e. The average Bonchev–Trinajstić information content (AvgIpc) is 2.18. The Morgan fingerprint density at radius 2 is 2.13 bits per heavy atom. The Balaban J connectivity index is 2.73. The SMILES string of the molecule is CN(C)C(=O)CN(C)c1ncncc1Br. The average molecular weight is 273 g/mol. The van der Waals surface area contributed by atoms with Crippen LogP contribution >= 0.6 is 15.9 Å². The van der Waals surface area contributed by atoms with Crippen molar-refractivity contribution < 1.29 is 4.79 Å². The summed E-state index contributed by atoms with van der Waals surface area (Å²) in [6, 6.07) is 0. The zero-order valence-corrected chi connectivity index (χ0v) is 10.5. The zero-order valence-electron chi connectivity index (χ0n) is 8.94. The van der Waals surface area contributed by atoms with Crippen molar-refractivity contribution in [2.45, 2.75) is 0 Å². The third-order valence-corrected chi connectivity index (χ3v) is 2.44. The van der Waals surface area contributed by atoms with Gasteiger partial charge in [-0.05, 0) is 15.9 Å². The molecule has 0 aliphatic heterocycles. The van der Waals surface area contributed by atoms with Crippen LogP contribution in [0, 0.1) is 0 Å². The van der Waals surface area contributed by atoms with Gasteiger partial charge in [0.2, 0.25) is 5.91 Å². The summed E-state index contributed by atoms with van der Waals surface area (Å²) >= 11 is 3.33. The van der Waals surface area contributed by atoms with Crippen LogP contribution in [0.15, 0.2) is 17.0 Å². The molecule has 1 aromatic rings. The van der Waals surface area contributed by atoms with Crippen LogP contribution in [-0.4, -0.2) is 48.5 Å². The Bertz CT molecular complexity index is 356. The van der Waals surface area contributed by atoms with E-state index in [1.807, 2.05) is 7.05 Å². The first-order valence-corrected chi connectivity index (χ1v) is 5.18. The molecule has 0 saturated carbocycles. The Hall–Kier alpha value is -1.17. The third kappa shape index (κ3) is 3.16. The molecule has 0 aliphatic rings. The molecule has 0 fully saturated rings. The van der Waals surface area contributed by atoms with Gasteiger partial charge in [-0.1, -0.05) is 0 Å². The molecular formula is C9H13BrN4O. The number of anilines is 1. The van der Waals surface area contributed by atoms with Gasteiger partial charge in [-0.3, -0.25) is 4.79 Å². The number of hydrogen-bond acceptors (Lipinski definition) is 4. The summed E-state index contributed by atoms with van der Waals surface area (Å²) in [4.78, 5) is 22.7. The van der Waals surface area contributed by atoms with E-state index in [0.29, 0.717) is 12.4 Å². The summed E-state index contributed by atoms with van der Waals surface area (Å²) < 4.78 is 0.777. The highest BCUT2D eigenvalue weighted by Gasteiger charge is 2.12. The second-order valence-corrected chi connectivity index (χ2v) is 4.19. The highest BCUT2D eigenvalue weighted by Crippen LogP contribution is 2.20. The fourth-order valence-electron chi connectivity index (χ4n) is 1.01. The summed E-state index contributed by atoms with van der Waals surface area (Å²) in [6.45, 7) is 0.294. The van der Waals surface area contributed by atoms with Gasteiger partial charge in [0.25, 0.3) is 0 Å². The third-order valence-electron chi connectivity index (χ3n) is 1.88. The van der Waals surface area contributed by atoms with E-state index >= 15 is 0 Å². The molecular weight excluding hydrogens is 260 g/mol. The summed E-state index contributed by atoms with van der Waals surface area (Å²) in [7, 11) is 5.27. The predicted molar refractivity (Wildman–Crippen MR) is 61.7 cm³/mol. The van der Waals surface area contributed by atoms with Crippen molar-refractivity contribution in [2.24, 2.45) is 0 Å². The van der Waals surface area contributed by atoms with Crippen molar-refractivity contribution in [3.8, 4) is 0 Å². The number of likely N-dealkylation sites (N-methyl/N-ethyl adjacent to an activating group) is 2. The summed E-state index contributed by atoms with van der Waals surface area (Å²) in [5.74, 6) is 0.739. The second kappa shape index (κ2) is 5.06. The van der Waals surface area contributed by atoms with Gasteiger partial charge < -0.3 is 9.80 Å². The minimum atomic E-state index is 0.0306. The maximum Gasteiger partial charge on any atom is 0.241 e. The maximum absolute atomic E-state index is 11.5. The molecule has 0 saturated heterocycles. The molecule has 1 amide bonds. The molecule has 6 heteroatoms. The van der Waals surface area contributed by atoms with E-state index in [2.05, 4.69) is 25.9 Å². The van der Waals surface area contributed by atoms with E-state index in [9.17, 15) is 4.79 Å². The van der Waals surface area contributed by atoms with Crippen molar-refractivity contribution in [3.05, 3.63) is 17.0 Å².